The third-order valence-corrected chi connectivity index (χ3v) is 10.3. The Morgan fingerprint density at radius 1 is 0.404 bits per heavy atom. The number of hydrogen-bond donors (Lipinski definition) is 1. The third kappa shape index (κ3) is 4.49. The molecule has 1 atom stereocenters. The average Bonchev–Trinajstić information content (AvgIpc) is 3.78. The molecule has 1 aliphatic heterocycles. The first-order valence-corrected chi connectivity index (χ1v) is 17.5. The summed E-state index contributed by atoms with van der Waals surface area (Å²) in [6.45, 7) is 0. The van der Waals surface area contributed by atoms with Crippen molar-refractivity contribution in [3.05, 3.63) is 180 Å². The van der Waals surface area contributed by atoms with Gasteiger partial charge >= 0.3 is 0 Å². The number of para-hydroxylation sites is 1. The maximum absolute atomic E-state index is 6.49. The van der Waals surface area contributed by atoms with Crippen LogP contribution >= 0.6 is 0 Å². The Hall–Kier alpha value is -6.98. The molecule has 0 fully saturated rings. The summed E-state index contributed by atoms with van der Waals surface area (Å²) in [6, 6.07) is 56.9. The summed E-state index contributed by atoms with van der Waals surface area (Å²) >= 11 is 0. The normalized spacial score (nSPS) is 14.7. The van der Waals surface area contributed by atoms with Crippen LogP contribution in [0.25, 0.3) is 76.5 Å². The second-order valence-corrected chi connectivity index (χ2v) is 13.4. The van der Waals surface area contributed by atoms with Gasteiger partial charge in [-0.1, -0.05) is 127 Å². The van der Waals surface area contributed by atoms with E-state index in [1.807, 2.05) is 30.3 Å². The molecule has 0 bridgehead atoms. The molecule has 11 rings (SSSR count). The van der Waals surface area contributed by atoms with Crippen molar-refractivity contribution < 1.29 is 8.83 Å². The minimum absolute atomic E-state index is 0.540. The van der Waals surface area contributed by atoms with Gasteiger partial charge in [0.15, 0.2) is 6.17 Å². The fraction of sp³-hybridized carbons (Fsp3) is 0.0213. The van der Waals surface area contributed by atoms with Crippen molar-refractivity contribution in [2.45, 2.75) is 6.17 Å². The van der Waals surface area contributed by atoms with Gasteiger partial charge in [-0.2, -0.15) is 0 Å². The molecule has 1 N–H and O–H groups in total. The van der Waals surface area contributed by atoms with E-state index in [0.717, 1.165) is 88.6 Å². The molecule has 5 nitrogen and oxygen atoms in total. The van der Waals surface area contributed by atoms with Gasteiger partial charge in [0.1, 0.15) is 34.0 Å². The van der Waals surface area contributed by atoms with E-state index >= 15 is 0 Å². The smallest absolute Gasteiger partial charge is 0.170 e. The van der Waals surface area contributed by atoms with Crippen molar-refractivity contribution >= 4 is 77.1 Å². The molecule has 0 radical (unpaired) electrons. The van der Waals surface area contributed by atoms with Crippen molar-refractivity contribution in [1.82, 2.24) is 5.32 Å². The van der Waals surface area contributed by atoms with Gasteiger partial charge in [0, 0.05) is 38.2 Å². The maximum Gasteiger partial charge on any atom is 0.170 e. The molecule has 1 unspecified atom stereocenters. The Morgan fingerprint density at radius 3 is 1.85 bits per heavy atom. The Morgan fingerprint density at radius 2 is 1.00 bits per heavy atom. The van der Waals surface area contributed by atoms with Crippen LogP contribution in [-0.2, 0) is 0 Å². The highest BCUT2D eigenvalue weighted by Crippen LogP contribution is 2.40. The Kier molecular flexibility index (Phi) is 6.25. The van der Waals surface area contributed by atoms with E-state index in [9.17, 15) is 0 Å². The predicted molar refractivity (Wildman–Crippen MR) is 213 cm³/mol. The van der Waals surface area contributed by atoms with E-state index in [-0.39, 0.29) is 0 Å². The van der Waals surface area contributed by atoms with Gasteiger partial charge in [0.05, 0.1) is 0 Å². The molecule has 1 aliphatic rings. The van der Waals surface area contributed by atoms with Gasteiger partial charge in [-0.25, -0.2) is 9.98 Å². The number of amidine groups is 2. The highest BCUT2D eigenvalue weighted by molar-refractivity contribution is 6.21. The molecular weight excluding hydrogens is 639 g/mol. The molecule has 244 valence electrons. The quantitative estimate of drug-likeness (QED) is 0.203. The number of furan rings is 2. The summed E-state index contributed by atoms with van der Waals surface area (Å²) in [5.41, 5.74) is 8.56. The zero-order chi connectivity index (χ0) is 34.2. The molecule has 52 heavy (non-hydrogen) atoms. The van der Waals surface area contributed by atoms with Gasteiger partial charge in [-0.05, 0) is 69.1 Å². The fourth-order valence-corrected chi connectivity index (χ4v) is 7.89. The lowest BCUT2D eigenvalue weighted by atomic mass is 9.96. The molecule has 10 aromatic rings. The summed E-state index contributed by atoms with van der Waals surface area (Å²) in [7, 11) is 0. The van der Waals surface area contributed by atoms with Crippen LogP contribution in [0.5, 0.6) is 0 Å². The zero-order valence-electron chi connectivity index (χ0n) is 27.9. The monoisotopic (exact) mass is 667 g/mol. The van der Waals surface area contributed by atoms with Crippen molar-refractivity contribution in [3.8, 4) is 11.1 Å². The van der Waals surface area contributed by atoms with Crippen LogP contribution in [0.4, 0.5) is 0 Å². The summed E-state index contributed by atoms with van der Waals surface area (Å²) in [6.07, 6.45) is -0.540. The van der Waals surface area contributed by atoms with Crippen LogP contribution in [0, 0.1) is 0 Å². The molecule has 0 saturated carbocycles. The Labute approximate surface area is 298 Å². The summed E-state index contributed by atoms with van der Waals surface area (Å²) in [5.74, 6) is 1.49. The van der Waals surface area contributed by atoms with E-state index < -0.39 is 6.17 Å². The first-order valence-electron chi connectivity index (χ1n) is 17.5. The first kappa shape index (κ1) is 28.8. The van der Waals surface area contributed by atoms with Gasteiger partial charge in [-0.15, -0.1) is 0 Å². The number of rotatable bonds is 4. The first-order chi connectivity index (χ1) is 25.7. The van der Waals surface area contributed by atoms with E-state index in [2.05, 4.69) is 139 Å². The Bertz CT molecular complexity index is 3120. The van der Waals surface area contributed by atoms with Crippen molar-refractivity contribution in [2.75, 3.05) is 0 Å². The van der Waals surface area contributed by atoms with Crippen molar-refractivity contribution in [1.29, 1.82) is 0 Å². The minimum atomic E-state index is -0.540. The largest absolute Gasteiger partial charge is 0.456 e. The lowest BCUT2D eigenvalue weighted by molar-refractivity contribution is 0.667. The topological polar surface area (TPSA) is 63.0 Å². The molecule has 0 spiro atoms. The predicted octanol–water partition coefficient (Wildman–Crippen LogP) is 12.0. The van der Waals surface area contributed by atoms with E-state index in [1.54, 1.807) is 0 Å². The van der Waals surface area contributed by atoms with Gasteiger partial charge < -0.3 is 14.2 Å². The summed E-state index contributed by atoms with van der Waals surface area (Å²) in [4.78, 5) is 10.7. The number of nitrogens with one attached hydrogen (secondary N) is 1. The number of benzene rings is 8. The highest BCUT2D eigenvalue weighted by atomic mass is 16.3. The molecule has 5 heteroatoms. The van der Waals surface area contributed by atoms with Crippen LogP contribution in [0.3, 0.4) is 0 Å². The SMILES string of the molecule is c1ccc2c(C3=NC(c4cccc5oc6ccc(-c7cccc8ccccc78)cc6c45)N=C(c4ccc5c(c4)oc4ccccc45)N3)cccc2c1. The lowest BCUT2D eigenvalue weighted by Gasteiger charge is -2.23. The zero-order valence-corrected chi connectivity index (χ0v) is 27.9. The van der Waals surface area contributed by atoms with E-state index in [1.165, 1.54) is 16.3 Å². The molecule has 0 amide bonds. The van der Waals surface area contributed by atoms with Gasteiger partial charge in [-0.3, -0.25) is 0 Å². The number of fused-ring (bicyclic) bond motifs is 8. The van der Waals surface area contributed by atoms with Crippen LogP contribution in [0.2, 0.25) is 0 Å². The number of hydrogen-bond acceptors (Lipinski definition) is 5. The molecule has 0 saturated heterocycles. The molecule has 0 aliphatic carbocycles. The van der Waals surface area contributed by atoms with Crippen molar-refractivity contribution in [3.63, 3.8) is 0 Å². The van der Waals surface area contributed by atoms with Crippen LogP contribution in [0.1, 0.15) is 22.9 Å². The van der Waals surface area contributed by atoms with E-state index in [4.69, 9.17) is 18.8 Å². The second-order valence-electron chi connectivity index (χ2n) is 13.4. The minimum Gasteiger partial charge on any atom is -0.456 e. The second kappa shape index (κ2) is 11.3. The average molecular weight is 668 g/mol. The molecular formula is C47H29N3O2. The maximum atomic E-state index is 6.49. The van der Waals surface area contributed by atoms with Crippen molar-refractivity contribution in [2.24, 2.45) is 9.98 Å². The Balaban J connectivity index is 1.12. The van der Waals surface area contributed by atoms with Gasteiger partial charge in [0.2, 0.25) is 0 Å². The summed E-state index contributed by atoms with van der Waals surface area (Å²) < 4.78 is 12.8. The molecule has 8 aromatic carbocycles. The highest BCUT2D eigenvalue weighted by Gasteiger charge is 2.25. The summed E-state index contributed by atoms with van der Waals surface area (Å²) in [5, 5.41) is 12.6. The van der Waals surface area contributed by atoms with Crippen LogP contribution in [-0.4, -0.2) is 11.7 Å². The third-order valence-electron chi connectivity index (χ3n) is 10.3. The number of nitrogens with zero attached hydrogens (tertiary/aromatic N) is 2. The van der Waals surface area contributed by atoms with Crippen LogP contribution < -0.4 is 5.32 Å². The number of aliphatic imine (C=N–C) groups is 2. The molecule has 2 aromatic heterocycles. The van der Waals surface area contributed by atoms with Crippen LogP contribution in [0.15, 0.2) is 183 Å². The standard InChI is InChI=1S/C47H29N3O2/c1-3-14-32-28(10-1)12-7-17-34(32)30-23-25-41-39(26-30)44-38(19-9-21-42(44)51-41)47-49-45(31-22-24-36-35-16-5-6-20-40(35)52-43(36)27-31)48-46(50-47)37-18-8-13-29-11-2-4-15-33(29)37/h1-27,47H,(H,48,49,50). The lowest BCUT2D eigenvalue weighted by Crippen LogP contribution is -2.36. The van der Waals surface area contributed by atoms with E-state index in [0.29, 0.717) is 0 Å². The van der Waals surface area contributed by atoms with Gasteiger partial charge in [0.25, 0.3) is 0 Å². The molecule has 3 heterocycles. The fourth-order valence-electron chi connectivity index (χ4n) is 7.89.